The number of hydrogen-bond acceptors (Lipinski definition) is 8. The fourth-order valence-corrected chi connectivity index (χ4v) is 10.4. The Balaban J connectivity index is 1.32. The number of hydrogen-bond donors (Lipinski definition) is 0. The zero-order valence-electron chi connectivity index (χ0n) is 38.1. The smallest absolute Gasteiger partial charge is 0.342 e. The molecule has 4 aliphatic rings. The molecule has 9 heteroatoms. The molecule has 0 saturated heterocycles. The summed E-state index contributed by atoms with van der Waals surface area (Å²) >= 11 is 0. The second-order valence-corrected chi connectivity index (χ2v) is 20.2. The fraction of sp³-hybridized carbons (Fsp3) is 0.358. The minimum absolute atomic E-state index is 0.0854. The van der Waals surface area contributed by atoms with Crippen molar-refractivity contribution < 1.29 is 27.8 Å². The summed E-state index contributed by atoms with van der Waals surface area (Å²) in [6.45, 7) is 28.6. The van der Waals surface area contributed by atoms with Crippen LogP contribution in [-0.4, -0.2) is 33.1 Å². The van der Waals surface area contributed by atoms with Gasteiger partial charge in [-0.05, 0) is 126 Å². The molecule has 0 amide bonds. The van der Waals surface area contributed by atoms with Gasteiger partial charge in [0.2, 0.25) is 0 Å². The second-order valence-electron chi connectivity index (χ2n) is 20.2. The first-order valence-electron chi connectivity index (χ1n) is 22.2. The predicted octanol–water partition coefficient (Wildman–Crippen LogP) is 11.8. The van der Waals surface area contributed by atoms with Gasteiger partial charge in [0.15, 0.2) is 23.0 Å². The van der Waals surface area contributed by atoms with E-state index in [-0.39, 0.29) is 23.5 Å². The standard InChI is InChI=1S/C53H55BN2O6/c1-27(2)32-23-37-43-38(24-32)56(45-29(4)22-42-49(31(45)6)60-20-18-58-42)47-36-26-34(53(10,11)12)14-16-40(36)62-51(47)54(43)50-46(35-25-33(52(7,8)9)13-15-39(35)61-50)55(37)44-28(3)21-41-48(30(44)5)59-19-17-57-41/h13-16,21-27H,17-20H2,1-12H3. The van der Waals surface area contributed by atoms with Crippen LogP contribution in [0.5, 0.6) is 23.0 Å². The predicted molar refractivity (Wildman–Crippen MR) is 252 cm³/mol. The third-order valence-electron chi connectivity index (χ3n) is 13.6. The molecule has 0 saturated carbocycles. The highest BCUT2D eigenvalue weighted by molar-refractivity contribution is 6.99. The van der Waals surface area contributed by atoms with Crippen LogP contribution < -0.4 is 45.5 Å². The van der Waals surface area contributed by atoms with Crippen molar-refractivity contribution >= 4 is 79.6 Å². The number of ether oxygens (including phenoxy) is 4. The van der Waals surface area contributed by atoms with Crippen LogP contribution in [-0.2, 0) is 10.8 Å². The Morgan fingerprint density at radius 3 is 1.35 bits per heavy atom. The van der Waals surface area contributed by atoms with Crippen LogP contribution in [0, 0.1) is 27.7 Å². The lowest BCUT2D eigenvalue weighted by Crippen LogP contribution is -2.60. The molecule has 0 N–H and O–H groups in total. The van der Waals surface area contributed by atoms with Crippen molar-refractivity contribution in [3.8, 4) is 23.0 Å². The molecule has 0 radical (unpaired) electrons. The van der Waals surface area contributed by atoms with E-state index in [9.17, 15) is 0 Å². The average molecular weight is 827 g/mol. The molecule has 0 aliphatic carbocycles. The van der Waals surface area contributed by atoms with Crippen LogP contribution in [0.1, 0.15) is 100 Å². The molecular formula is C53H55BN2O6. The molecule has 8 nitrogen and oxygen atoms in total. The molecule has 2 aromatic heterocycles. The fourth-order valence-electron chi connectivity index (χ4n) is 10.4. The van der Waals surface area contributed by atoms with E-state index < -0.39 is 0 Å². The molecule has 6 heterocycles. The van der Waals surface area contributed by atoms with Crippen molar-refractivity contribution in [2.75, 3.05) is 36.2 Å². The minimum atomic E-state index is -0.356. The zero-order valence-corrected chi connectivity index (χ0v) is 38.1. The van der Waals surface area contributed by atoms with Crippen LogP contribution in [0.25, 0.3) is 21.9 Å². The molecule has 62 heavy (non-hydrogen) atoms. The molecule has 7 aromatic rings. The number of fused-ring (bicyclic) bond motifs is 10. The Labute approximate surface area is 364 Å². The first kappa shape index (κ1) is 38.9. The molecule has 0 unspecified atom stereocenters. The minimum Gasteiger partial charge on any atom is -0.486 e. The highest BCUT2D eigenvalue weighted by Gasteiger charge is 2.51. The largest absolute Gasteiger partial charge is 0.486 e. The highest BCUT2D eigenvalue weighted by atomic mass is 16.6. The third kappa shape index (κ3) is 5.52. The van der Waals surface area contributed by atoms with Gasteiger partial charge in [0, 0.05) is 33.3 Å². The van der Waals surface area contributed by atoms with Crippen molar-refractivity contribution in [3.63, 3.8) is 0 Å². The summed E-state index contributed by atoms with van der Waals surface area (Å²) in [6.07, 6.45) is 0. The van der Waals surface area contributed by atoms with Crippen LogP contribution in [0.4, 0.5) is 34.1 Å². The van der Waals surface area contributed by atoms with E-state index in [1.165, 1.54) is 16.7 Å². The summed E-state index contributed by atoms with van der Waals surface area (Å²) in [5.74, 6) is 3.36. The third-order valence-corrected chi connectivity index (χ3v) is 13.6. The Morgan fingerprint density at radius 2 is 0.952 bits per heavy atom. The Kier molecular flexibility index (Phi) is 8.34. The van der Waals surface area contributed by atoms with Gasteiger partial charge < -0.3 is 37.6 Å². The van der Waals surface area contributed by atoms with Crippen molar-refractivity contribution in [2.45, 2.75) is 99.8 Å². The van der Waals surface area contributed by atoms with E-state index >= 15 is 0 Å². The maximum Gasteiger partial charge on any atom is 0.342 e. The molecule has 0 bridgehead atoms. The Hall–Kier alpha value is -5.96. The van der Waals surface area contributed by atoms with Gasteiger partial charge in [-0.15, -0.1) is 0 Å². The summed E-state index contributed by atoms with van der Waals surface area (Å²) in [5, 5.41) is 2.13. The van der Waals surface area contributed by atoms with Gasteiger partial charge in [0.25, 0.3) is 0 Å². The first-order valence-corrected chi connectivity index (χ1v) is 22.2. The van der Waals surface area contributed by atoms with Gasteiger partial charge in [-0.25, -0.2) is 0 Å². The molecule has 0 spiro atoms. The van der Waals surface area contributed by atoms with Crippen molar-refractivity contribution in [3.05, 3.63) is 99.6 Å². The Bertz CT molecular complexity index is 2850. The lowest BCUT2D eigenvalue weighted by molar-refractivity contribution is 0.170. The number of nitrogens with zero attached hydrogens (tertiary/aromatic N) is 2. The average Bonchev–Trinajstić information content (AvgIpc) is 3.80. The van der Waals surface area contributed by atoms with E-state index in [0.717, 1.165) is 118 Å². The van der Waals surface area contributed by atoms with Crippen molar-refractivity contribution in [1.29, 1.82) is 0 Å². The lowest BCUT2D eigenvalue weighted by atomic mass is 9.37. The van der Waals surface area contributed by atoms with E-state index in [0.29, 0.717) is 26.4 Å². The quantitative estimate of drug-likeness (QED) is 0.163. The monoisotopic (exact) mass is 826 g/mol. The lowest BCUT2D eigenvalue weighted by Gasteiger charge is -2.43. The number of aryl methyl sites for hydroxylation is 2. The normalized spacial score (nSPS) is 15.4. The summed E-state index contributed by atoms with van der Waals surface area (Å²) < 4.78 is 39.9. The maximum absolute atomic E-state index is 7.31. The summed E-state index contributed by atoms with van der Waals surface area (Å²) in [6, 6.07) is 22.5. The van der Waals surface area contributed by atoms with Crippen LogP contribution in [0.2, 0.25) is 0 Å². The number of benzene rings is 5. The van der Waals surface area contributed by atoms with Crippen molar-refractivity contribution in [1.82, 2.24) is 0 Å². The first-order chi connectivity index (χ1) is 29.5. The molecular weight excluding hydrogens is 771 g/mol. The number of furan rings is 2. The number of anilines is 6. The molecule has 316 valence electrons. The van der Waals surface area contributed by atoms with E-state index in [1.807, 2.05) is 0 Å². The number of rotatable bonds is 3. The SMILES string of the molecule is Cc1cc2c(c(C)c1N1c3cc(C(C)C)cc4c3B(c3oc5ccc(C(C)(C)C)cc5c31)c1oc3ccc(C(C)(C)C)cc3c1N4c1c(C)cc3c(c1C)OCCO3)OCCO2. The van der Waals surface area contributed by atoms with E-state index in [4.69, 9.17) is 27.8 Å². The van der Waals surface area contributed by atoms with Crippen LogP contribution in [0.3, 0.4) is 0 Å². The van der Waals surface area contributed by atoms with Gasteiger partial charge in [-0.1, -0.05) is 67.5 Å². The molecule has 4 aliphatic heterocycles. The molecule has 0 atom stereocenters. The molecule has 0 fully saturated rings. The molecule has 5 aromatic carbocycles. The summed E-state index contributed by atoms with van der Waals surface area (Å²) in [5.41, 5.74) is 18.7. The topological polar surface area (TPSA) is 69.7 Å². The summed E-state index contributed by atoms with van der Waals surface area (Å²) in [4.78, 5) is 4.95. The van der Waals surface area contributed by atoms with Gasteiger partial charge in [-0.2, -0.15) is 0 Å². The van der Waals surface area contributed by atoms with Gasteiger partial charge in [-0.3, -0.25) is 0 Å². The van der Waals surface area contributed by atoms with Crippen molar-refractivity contribution in [2.24, 2.45) is 0 Å². The Morgan fingerprint density at radius 1 is 0.532 bits per heavy atom. The van der Waals surface area contributed by atoms with Gasteiger partial charge in [0.1, 0.15) is 48.9 Å². The highest BCUT2D eigenvalue weighted by Crippen LogP contribution is 2.55. The van der Waals surface area contributed by atoms with Gasteiger partial charge >= 0.3 is 6.71 Å². The van der Waals surface area contributed by atoms with Gasteiger partial charge in [0.05, 0.1) is 22.7 Å². The summed E-state index contributed by atoms with van der Waals surface area (Å²) in [7, 11) is 0. The molecule has 11 rings (SSSR count). The zero-order chi connectivity index (χ0) is 43.3. The second kappa shape index (κ2) is 13.3. The maximum atomic E-state index is 7.31. The van der Waals surface area contributed by atoms with Crippen LogP contribution >= 0.6 is 0 Å². The van der Waals surface area contributed by atoms with E-state index in [1.54, 1.807) is 0 Å². The van der Waals surface area contributed by atoms with E-state index in [2.05, 4.69) is 154 Å². The van der Waals surface area contributed by atoms with Crippen LogP contribution in [0.15, 0.2) is 69.5 Å².